The van der Waals surface area contributed by atoms with Crippen LogP contribution in [0.2, 0.25) is 0 Å². The number of rotatable bonds is 9. The summed E-state index contributed by atoms with van der Waals surface area (Å²) >= 11 is 0. The van der Waals surface area contributed by atoms with Crippen molar-refractivity contribution in [3.63, 3.8) is 0 Å². The van der Waals surface area contributed by atoms with Gasteiger partial charge in [0.05, 0.1) is 29.1 Å². The van der Waals surface area contributed by atoms with Crippen molar-refractivity contribution in [2.24, 2.45) is 0 Å². The summed E-state index contributed by atoms with van der Waals surface area (Å²) in [4.78, 5) is 48.2. The fraction of sp³-hybridized carbons (Fsp3) is 0.348. The molecule has 3 N–H and O–H groups in total. The van der Waals surface area contributed by atoms with Crippen molar-refractivity contribution >= 4 is 29.3 Å². The van der Waals surface area contributed by atoms with Crippen LogP contribution >= 0.6 is 0 Å². The van der Waals surface area contributed by atoms with E-state index in [2.05, 4.69) is 16.0 Å². The topological polar surface area (TPSA) is 140 Å². The summed E-state index contributed by atoms with van der Waals surface area (Å²) in [5.74, 6) is -1.15. The van der Waals surface area contributed by atoms with Crippen LogP contribution in [-0.4, -0.2) is 35.0 Å². The van der Waals surface area contributed by atoms with Crippen molar-refractivity contribution in [2.45, 2.75) is 51.3 Å². The molecular formula is C23H26N4O6. The summed E-state index contributed by atoms with van der Waals surface area (Å²) in [5, 5.41) is 19.7. The SMILES string of the molecule is CC(C)OC(=O)CC(NC(=O)c1cccc(NC(=O)NC2CC2)c1)c1ccccc1[N+](=O)[O-]. The maximum absolute atomic E-state index is 13.0. The first-order valence-electron chi connectivity index (χ1n) is 10.6. The quantitative estimate of drug-likeness (QED) is 0.300. The van der Waals surface area contributed by atoms with E-state index in [1.54, 1.807) is 38.1 Å². The van der Waals surface area contributed by atoms with Gasteiger partial charge in [-0.05, 0) is 44.9 Å². The molecule has 3 amide bonds. The van der Waals surface area contributed by atoms with Crippen LogP contribution in [-0.2, 0) is 9.53 Å². The van der Waals surface area contributed by atoms with Gasteiger partial charge in [0.15, 0.2) is 0 Å². The Hall–Kier alpha value is -3.95. The number of esters is 1. The van der Waals surface area contributed by atoms with E-state index in [9.17, 15) is 24.5 Å². The molecule has 1 unspecified atom stereocenters. The molecule has 33 heavy (non-hydrogen) atoms. The fourth-order valence-corrected chi connectivity index (χ4v) is 3.22. The van der Waals surface area contributed by atoms with Crippen LogP contribution in [0.15, 0.2) is 48.5 Å². The third kappa shape index (κ3) is 7.03. The number of hydrogen-bond donors (Lipinski definition) is 3. The van der Waals surface area contributed by atoms with Gasteiger partial charge in [0.25, 0.3) is 11.6 Å². The molecule has 0 aromatic heterocycles. The Labute approximate surface area is 190 Å². The Balaban J connectivity index is 1.79. The first-order valence-corrected chi connectivity index (χ1v) is 10.6. The molecule has 2 aromatic carbocycles. The van der Waals surface area contributed by atoms with E-state index in [1.165, 1.54) is 24.3 Å². The van der Waals surface area contributed by atoms with Gasteiger partial charge in [0.2, 0.25) is 0 Å². The maximum Gasteiger partial charge on any atom is 0.319 e. The van der Waals surface area contributed by atoms with Gasteiger partial charge in [-0.1, -0.05) is 24.3 Å². The zero-order chi connectivity index (χ0) is 24.0. The maximum atomic E-state index is 13.0. The molecule has 0 heterocycles. The standard InChI is InChI=1S/C23H26N4O6/c1-14(2)33-21(28)13-19(18-8-3-4-9-20(18)27(31)32)26-22(29)15-6-5-7-17(12-15)25-23(30)24-16-10-11-16/h3-9,12,14,16,19H,10-11,13H2,1-2H3,(H,26,29)(H2,24,25,30). The molecule has 1 atom stereocenters. The molecule has 3 rings (SSSR count). The molecule has 10 heteroatoms. The van der Waals surface area contributed by atoms with Crippen LogP contribution in [0.3, 0.4) is 0 Å². The third-order valence-electron chi connectivity index (χ3n) is 4.85. The van der Waals surface area contributed by atoms with Gasteiger partial charge in [-0.3, -0.25) is 19.7 Å². The number of nitrogens with zero attached hydrogens (tertiary/aromatic N) is 1. The fourth-order valence-electron chi connectivity index (χ4n) is 3.22. The summed E-state index contributed by atoms with van der Waals surface area (Å²) < 4.78 is 5.17. The van der Waals surface area contributed by atoms with Crippen molar-refractivity contribution in [1.82, 2.24) is 10.6 Å². The smallest absolute Gasteiger partial charge is 0.319 e. The van der Waals surface area contributed by atoms with Crippen LogP contribution in [0.5, 0.6) is 0 Å². The predicted molar refractivity (Wildman–Crippen MR) is 121 cm³/mol. The monoisotopic (exact) mass is 454 g/mol. The molecule has 10 nitrogen and oxygen atoms in total. The number of benzene rings is 2. The number of hydrogen-bond acceptors (Lipinski definition) is 6. The third-order valence-corrected chi connectivity index (χ3v) is 4.85. The van der Waals surface area contributed by atoms with Gasteiger partial charge >= 0.3 is 12.0 Å². The van der Waals surface area contributed by atoms with Crippen LogP contribution in [0.4, 0.5) is 16.2 Å². The zero-order valence-corrected chi connectivity index (χ0v) is 18.4. The lowest BCUT2D eigenvalue weighted by atomic mass is 10.0. The number of anilines is 1. The number of nitro groups is 1. The van der Waals surface area contributed by atoms with E-state index in [0.29, 0.717) is 5.69 Å². The second-order valence-electron chi connectivity index (χ2n) is 8.04. The van der Waals surface area contributed by atoms with E-state index in [-0.39, 0.29) is 41.4 Å². The van der Waals surface area contributed by atoms with Gasteiger partial charge < -0.3 is 20.7 Å². The number of ether oxygens (including phenoxy) is 1. The number of para-hydroxylation sites is 1. The Morgan fingerprint density at radius 3 is 2.52 bits per heavy atom. The molecule has 0 bridgehead atoms. The van der Waals surface area contributed by atoms with Crippen LogP contribution in [0.25, 0.3) is 0 Å². The predicted octanol–water partition coefficient (Wildman–Crippen LogP) is 3.69. The number of carbonyl (C=O) groups excluding carboxylic acids is 3. The first-order chi connectivity index (χ1) is 15.7. The van der Waals surface area contributed by atoms with Crippen molar-refractivity contribution in [3.8, 4) is 0 Å². The second kappa shape index (κ2) is 10.6. The summed E-state index contributed by atoms with van der Waals surface area (Å²) in [5.41, 5.74) is 0.615. The van der Waals surface area contributed by atoms with E-state index >= 15 is 0 Å². The highest BCUT2D eigenvalue weighted by atomic mass is 16.6. The van der Waals surface area contributed by atoms with Gasteiger partial charge in [0, 0.05) is 23.4 Å². The van der Waals surface area contributed by atoms with E-state index in [1.807, 2.05) is 0 Å². The Morgan fingerprint density at radius 2 is 1.85 bits per heavy atom. The summed E-state index contributed by atoms with van der Waals surface area (Å²) in [6.07, 6.45) is 1.24. The van der Waals surface area contributed by atoms with Gasteiger partial charge in [-0.25, -0.2) is 4.79 Å². The minimum atomic E-state index is -0.986. The highest BCUT2D eigenvalue weighted by molar-refractivity contribution is 5.97. The Kier molecular flexibility index (Phi) is 7.60. The molecule has 2 aromatic rings. The Morgan fingerprint density at radius 1 is 1.12 bits per heavy atom. The van der Waals surface area contributed by atoms with Crippen molar-refractivity contribution in [3.05, 3.63) is 69.8 Å². The molecule has 1 saturated carbocycles. The highest BCUT2D eigenvalue weighted by Crippen LogP contribution is 2.28. The molecule has 1 aliphatic rings. The number of nitro benzene ring substituents is 1. The van der Waals surface area contributed by atoms with Crippen LogP contribution < -0.4 is 16.0 Å². The minimum absolute atomic E-state index is 0.185. The zero-order valence-electron chi connectivity index (χ0n) is 18.4. The van der Waals surface area contributed by atoms with Gasteiger partial charge in [0.1, 0.15) is 0 Å². The normalized spacial score (nSPS) is 13.7. The number of urea groups is 1. The van der Waals surface area contributed by atoms with Crippen LogP contribution in [0, 0.1) is 10.1 Å². The van der Waals surface area contributed by atoms with Gasteiger partial charge in [-0.15, -0.1) is 0 Å². The number of amides is 3. The molecular weight excluding hydrogens is 428 g/mol. The molecule has 0 radical (unpaired) electrons. The Bertz CT molecular complexity index is 1050. The highest BCUT2D eigenvalue weighted by Gasteiger charge is 2.27. The van der Waals surface area contributed by atoms with E-state index in [0.717, 1.165) is 12.8 Å². The average molecular weight is 454 g/mol. The van der Waals surface area contributed by atoms with Crippen molar-refractivity contribution < 1.29 is 24.0 Å². The second-order valence-corrected chi connectivity index (χ2v) is 8.04. The average Bonchev–Trinajstić information content (AvgIpc) is 3.56. The van der Waals surface area contributed by atoms with Crippen LogP contribution in [0.1, 0.15) is 55.1 Å². The van der Waals surface area contributed by atoms with Crippen molar-refractivity contribution in [2.75, 3.05) is 5.32 Å². The lowest BCUT2D eigenvalue weighted by Crippen LogP contribution is -2.32. The number of nitrogens with one attached hydrogen (secondary N) is 3. The minimum Gasteiger partial charge on any atom is -0.463 e. The molecule has 1 aliphatic carbocycles. The summed E-state index contributed by atoms with van der Waals surface area (Å²) in [6.45, 7) is 3.38. The first kappa shape index (κ1) is 23.7. The van der Waals surface area contributed by atoms with Gasteiger partial charge in [-0.2, -0.15) is 0 Å². The van der Waals surface area contributed by atoms with E-state index < -0.39 is 22.8 Å². The largest absolute Gasteiger partial charge is 0.463 e. The molecule has 174 valence electrons. The van der Waals surface area contributed by atoms with E-state index in [4.69, 9.17) is 4.74 Å². The lowest BCUT2D eigenvalue weighted by Gasteiger charge is -2.19. The lowest BCUT2D eigenvalue weighted by molar-refractivity contribution is -0.385. The summed E-state index contributed by atoms with van der Waals surface area (Å²) in [6, 6.07) is 11.0. The van der Waals surface area contributed by atoms with Crippen molar-refractivity contribution in [1.29, 1.82) is 0 Å². The summed E-state index contributed by atoms with van der Waals surface area (Å²) in [7, 11) is 0. The molecule has 0 saturated heterocycles. The number of carbonyl (C=O) groups is 3. The molecule has 1 fully saturated rings. The molecule has 0 spiro atoms. The molecule has 0 aliphatic heterocycles.